The van der Waals surface area contributed by atoms with Crippen molar-refractivity contribution in [1.29, 1.82) is 0 Å². The molecule has 0 bridgehead atoms. The lowest BCUT2D eigenvalue weighted by Crippen LogP contribution is -2.01. The van der Waals surface area contributed by atoms with Gasteiger partial charge in [0, 0.05) is 25.0 Å². The van der Waals surface area contributed by atoms with Gasteiger partial charge in [0.15, 0.2) is 0 Å². The van der Waals surface area contributed by atoms with Crippen molar-refractivity contribution in [2.45, 2.75) is 6.54 Å². The van der Waals surface area contributed by atoms with Gasteiger partial charge >= 0.3 is 0 Å². The van der Waals surface area contributed by atoms with Crippen LogP contribution in [0.3, 0.4) is 0 Å². The Hall–Kier alpha value is -1.65. The van der Waals surface area contributed by atoms with Crippen molar-refractivity contribution >= 4 is 11.6 Å². The zero-order chi connectivity index (χ0) is 11.4. The zero-order valence-electron chi connectivity index (χ0n) is 8.43. The van der Waals surface area contributed by atoms with E-state index in [1.807, 2.05) is 0 Å². The summed E-state index contributed by atoms with van der Waals surface area (Å²) in [7, 11) is 0. The van der Waals surface area contributed by atoms with Gasteiger partial charge in [0.25, 0.3) is 0 Å². The fourth-order valence-electron chi connectivity index (χ4n) is 1.24. The average Bonchev–Trinajstić information content (AvgIpc) is 2.30. The standard InChI is InChI=1S/C11H10ClN3O/c12-8-4-9(7-14-6-8)16-11-2-1-3-15-10(11)5-13/h1-4,6-7H,5,13H2. The normalized spacial score (nSPS) is 10.1. The van der Waals surface area contributed by atoms with E-state index in [9.17, 15) is 0 Å². The van der Waals surface area contributed by atoms with E-state index in [0.717, 1.165) is 0 Å². The second-order valence-electron chi connectivity index (χ2n) is 3.09. The van der Waals surface area contributed by atoms with Crippen molar-refractivity contribution in [2.24, 2.45) is 5.73 Å². The molecule has 0 atom stereocenters. The lowest BCUT2D eigenvalue weighted by atomic mass is 10.3. The Balaban J connectivity index is 2.26. The summed E-state index contributed by atoms with van der Waals surface area (Å²) in [5, 5.41) is 0.524. The van der Waals surface area contributed by atoms with Crippen LogP contribution >= 0.6 is 11.6 Å². The summed E-state index contributed by atoms with van der Waals surface area (Å²) in [6.07, 6.45) is 4.80. The third kappa shape index (κ3) is 2.48. The second-order valence-corrected chi connectivity index (χ2v) is 3.53. The van der Waals surface area contributed by atoms with Crippen molar-refractivity contribution in [1.82, 2.24) is 9.97 Å². The van der Waals surface area contributed by atoms with E-state index in [4.69, 9.17) is 22.1 Å². The van der Waals surface area contributed by atoms with Gasteiger partial charge < -0.3 is 10.5 Å². The maximum atomic E-state index is 5.80. The van der Waals surface area contributed by atoms with Crippen LogP contribution in [0.25, 0.3) is 0 Å². The average molecular weight is 236 g/mol. The van der Waals surface area contributed by atoms with Crippen LogP contribution in [0.4, 0.5) is 0 Å². The molecule has 82 valence electrons. The number of ether oxygens (including phenoxy) is 1. The first kappa shape index (κ1) is 10.9. The van der Waals surface area contributed by atoms with Crippen molar-refractivity contribution in [2.75, 3.05) is 0 Å². The van der Waals surface area contributed by atoms with Crippen LogP contribution in [0.2, 0.25) is 5.02 Å². The molecule has 2 aromatic rings. The van der Waals surface area contributed by atoms with Gasteiger partial charge in [-0.1, -0.05) is 11.6 Å². The Labute approximate surface area is 98.0 Å². The minimum absolute atomic E-state index is 0.324. The Kier molecular flexibility index (Phi) is 3.34. The maximum Gasteiger partial charge on any atom is 0.150 e. The summed E-state index contributed by atoms with van der Waals surface area (Å²) >= 11 is 5.80. The number of hydrogen-bond acceptors (Lipinski definition) is 4. The first-order valence-electron chi connectivity index (χ1n) is 4.72. The van der Waals surface area contributed by atoms with E-state index in [2.05, 4.69) is 9.97 Å². The van der Waals surface area contributed by atoms with Crippen LogP contribution < -0.4 is 10.5 Å². The molecule has 5 heteroatoms. The van der Waals surface area contributed by atoms with Gasteiger partial charge in [0.05, 0.1) is 16.9 Å². The van der Waals surface area contributed by atoms with Gasteiger partial charge in [0.1, 0.15) is 11.5 Å². The number of rotatable bonds is 3. The Morgan fingerprint density at radius 1 is 1.38 bits per heavy atom. The highest BCUT2D eigenvalue weighted by Gasteiger charge is 2.04. The number of nitrogens with two attached hydrogens (primary N) is 1. The van der Waals surface area contributed by atoms with Crippen molar-refractivity contribution in [3.05, 3.63) is 47.5 Å². The topological polar surface area (TPSA) is 61.0 Å². The van der Waals surface area contributed by atoms with Gasteiger partial charge in [-0.05, 0) is 12.1 Å². The van der Waals surface area contributed by atoms with Gasteiger partial charge in [-0.3, -0.25) is 9.97 Å². The number of nitrogens with zero attached hydrogens (tertiary/aromatic N) is 2. The van der Waals surface area contributed by atoms with Crippen LogP contribution in [0.15, 0.2) is 36.8 Å². The minimum atomic E-state index is 0.324. The fourth-order valence-corrected chi connectivity index (χ4v) is 1.41. The fraction of sp³-hybridized carbons (Fsp3) is 0.0909. The van der Waals surface area contributed by atoms with Gasteiger partial charge in [0.2, 0.25) is 0 Å². The van der Waals surface area contributed by atoms with Crippen LogP contribution in [-0.4, -0.2) is 9.97 Å². The smallest absolute Gasteiger partial charge is 0.150 e. The second kappa shape index (κ2) is 4.92. The molecule has 2 aromatic heterocycles. The van der Waals surface area contributed by atoms with Crippen LogP contribution in [0.5, 0.6) is 11.5 Å². The number of aromatic nitrogens is 2. The van der Waals surface area contributed by atoms with Crippen molar-refractivity contribution in [3.8, 4) is 11.5 Å². The molecule has 0 saturated carbocycles. The lowest BCUT2D eigenvalue weighted by Gasteiger charge is -2.08. The minimum Gasteiger partial charge on any atom is -0.454 e. The summed E-state index contributed by atoms with van der Waals surface area (Å²) < 4.78 is 5.59. The molecule has 0 saturated heterocycles. The first-order chi connectivity index (χ1) is 7.79. The monoisotopic (exact) mass is 235 g/mol. The summed E-state index contributed by atoms with van der Waals surface area (Å²) in [5.41, 5.74) is 6.25. The molecule has 2 N–H and O–H groups in total. The first-order valence-corrected chi connectivity index (χ1v) is 5.10. The zero-order valence-corrected chi connectivity index (χ0v) is 9.19. The van der Waals surface area contributed by atoms with E-state index < -0.39 is 0 Å². The highest BCUT2D eigenvalue weighted by atomic mass is 35.5. The third-order valence-corrected chi connectivity index (χ3v) is 2.16. The number of halogens is 1. The Bertz CT molecular complexity index is 490. The lowest BCUT2D eigenvalue weighted by molar-refractivity contribution is 0.470. The molecular weight excluding hydrogens is 226 g/mol. The summed E-state index contributed by atoms with van der Waals surface area (Å²) in [6, 6.07) is 5.27. The molecule has 2 rings (SSSR count). The van der Waals surface area contributed by atoms with Crippen LogP contribution in [-0.2, 0) is 6.54 Å². The molecule has 16 heavy (non-hydrogen) atoms. The largest absolute Gasteiger partial charge is 0.454 e. The third-order valence-electron chi connectivity index (χ3n) is 1.95. The van der Waals surface area contributed by atoms with Gasteiger partial charge in [-0.2, -0.15) is 0 Å². The molecule has 2 heterocycles. The van der Waals surface area contributed by atoms with Gasteiger partial charge in [-0.15, -0.1) is 0 Å². The predicted molar refractivity (Wildman–Crippen MR) is 61.4 cm³/mol. The molecule has 0 aromatic carbocycles. The van der Waals surface area contributed by atoms with E-state index >= 15 is 0 Å². The van der Waals surface area contributed by atoms with Crippen molar-refractivity contribution in [3.63, 3.8) is 0 Å². The molecule has 4 nitrogen and oxygen atoms in total. The number of hydrogen-bond donors (Lipinski definition) is 1. The quantitative estimate of drug-likeness (QED) is 0.887. The SMILES string of the molecule is NCc1ncccc1Oc1cncc(Cl)c1. The summed E-state index contributed by atoms with van der Waals surface area (Å²) in [4.78, 5) is 8.04. The number of pyridine rings is 2. The molecule has 0 aliphatic carbocycles. The predicted octanol–water partition coefficient (Wildman–Crippen LogP) is 2.38. The molecule has 0 unspecified atom stereocenters. The summed E-state index contributed by atoms with van der Waals surface area (Å²) in [6.45, 7) is 0.324. The van der Waals surface area contributed by atoms with E-state index in [1.165, 1.54) is 0 Å². The summed E-state index contributed by atoms with van der Waals surface area (Å²) in [5.74, 6) is 1.18. The highest BCUT2D eigenvalue weighted by molar-refractivity contribution is 6.30. The molecule has 0 radical (unpaired) electrons. The Morgan fingerprint density at radius 3 is 3.00 bits per heavy atom. The van der Waals surface area contributed by atoms with Crippen LogP contribution in [0.1, 0.15) is 5.69 Å². The molecule has 0 spiro atoms. The Morgan fingerprint density at radius 2 is 2.25 bits per heavy atom. The van der Waals surface area contributed by atoms with Crippen molar-refractivity contribution < 1.29 is 4.74 Å². The van der Waals surface area contributed by atoms with E-state index in [1.54, 1.807) is 36.8 Å². The molecule has 0 aliphatic rings. The highest BCUT2D eigenvalue weighted by Crippen LogP contribution is 2.24. The van der Waals surface area contributed by atoms with Gasteiger partial charge in [-0.25, -0.2) is 0 Å². The molecule has 0 aliphatic heterocycles. The molecular formula is C11H10ClN3O. The molecule has 0 fully saturated rings. The molecule has 0 amide bonds. The van der Waals surface area contributed by atoms with Crippen LogP contribution in [0, 0.1) is 0 Å². The maximum absolute atomic E-state index is 5.80. The van der Waals surface area contributed by atoms with E-state index in [0.29, 0.717) is 28.8 Å². The van der Waals surface area contributed by atoms with E-state index in [-0.39, 0.29) is 0 Å².